The van der Waals surface area contributed by atoms with E-state index in [2.05, 4.69) is 27.3 Å². The van der Waals surface area contributed by atoms with Crippen molar-refractivity contribution in [2.45, 2.75) is 26.3 Å². The molecule has 0 aliphatic heterocycles. The lowest BCUT2D eigenvalue weighted by Crippen LogP contribution is -2.15. The summed E-state index contributed by atoms with van der Waals surface area (Å²) in [5, 5.41) is 8.06. The zero-order chi connectivity index (χ0) is 15.5. The highest BCUT2D eigenvalue weighted by Gasteiger charge is 2.08. The standard InChI is InChI=1S/C15H16ClN5O/c1-2-4-12-8-14(22)21-15(18-12)19-13(20-21)9-17-11-6-3-5-10(16)7-11/h3,5-8,17H,2,4,9H2,1H3,(H,18,19,20). The number of nitrogens with zero attached hydrogens (tertiary/aromatic N) is 3. The van der Waals surface area contributed by atoms with Crippen LogP contribution >= 0.6 is 11.6 Å². The van der Waals surface area contributed by atoms with Gasteiger partial charge in [-0.15, -0.1) is 5.10 Å². The number of hydrogen-bond donors (Lipinski definition) is 2. The van der Waals surface area contributed by atoms with Gasteiger partial charge >= 0.3 is 0 Å². The van der Waals surface area contributed by atoms with Crippen molar-refractivity contribution in [2.24, 2.45) is 0 Å². The molecule has 6 nitrogen and oxygen atoms in total. The Kier molecular flexibility index (Phi) is 4.11. The molecular formula is C15H16ClN5O. The normalized spacial score (nSPS) is 11.0. The van der Waals surface area contributed by atoms with Gasteiger partial charge in [-0.25, -0.2) is 0 Å². The smallest absolute Gasteiger partial charge is 0.275 e. The number of aromatic nitrogens is 4. The Balaban J connectivity index is 1.83. The van der Waals surface area contributed by atoms with Crippen LogP contribution in [0.1, 0.15) is 24.9 Å². The van der Waals surface area contributed by atoms with Gasteiger partial charge < -0.3 is 10.3 Å². The van der Waals surface area contributed by atoms with Crippen LogP contribution < -0.4 is 10.9 Å². The van der Waals surface area contributed by atoms with Crippen molar-refractivity contribution in [2.75, 3.05) is 5.32 Å². The first-order valence-electron chi connectivity index (χ1n) is 7.13. The molecule has 7 heteroatoms. The highest BCUT2D eigenvalue weighted by molar-refractivity contribution is 6.30. The van der Waals surface area contributed by atoms with Crippen molar-refractivity contribution in [3.63, 3.8) is 0 Å². The molecule has 114 valence electrons. The van der Waals surface area contributed by atoms with E-state index < -0.39 is 0 Å². The van der Waals surface area contributed by atoms with Crippen LogP contribution in [0.3, 0.4) is 0 Å². The number of aromatic amines is 1. The summed E-state index contributed by atoms with van der Waals surface area (Å²) in [5.41, 5.74) is 1.59. The van der Waals surface area contributed by atoms with Crippen LogP contribution in [-0.2, 0) is 13.0 Å². The van der Waals surface area contributed by atoms with Crippen LogP contribution in [0, 0.1) is 0 Å². The molecule has 1 aromatic carbocycles. The highest BCUT2D eigenvalue weighted by Crippen LogP contribution is 2.15. The number of H-pyrrole nitrogens is 1. The van der Waals surface area contributed by atoms with Gasteiger partial charge in [0.1, 0.15) is 0 Å². The number of rotatable bonds is 5. The number of benzene rings is 1. The summed E-state index contributed by atoms with van der Waals surface area (Å²) in [6.07, 6.45) is 1.78. The first kappa shape index (κ1) is 14.6. The molecular weight excluding hydrogens is 302 g/mol. The average Bonchev–Trinajstić information content (AvgIpc) is 2.89. The molecule has 2 heterocycles. The minimum absolute atomic E-state index is 0.168. The van der Waals surface area contributed by atoms with E-state index in [9.17, 15) is 4.79 Å². The number of hydrogen-bond acceptors (Lipinski definition) is 4. The molecule has 2 aromatic heterocycles. The van der Waals surface area contributed by atoms with E-state index >= 15 is 0 Å². The van der Waals surface area contributed by atoms with E-state index in [1.807, 2.05) is 24.3 Å². The maximum absolute atomic E-state index is 12.0. The lowest BCUT2D eigenvalue weighted by atomic mass is 10.2. The zero-order valence-corrected chi connectivity index (χ0v) is 12.9. The number of anilines is 1. The van der Waals surface area contributed by atoms with Crippen LogP contribution in [0.5, 0.6) is 0 Å². The van der Waals surface area contributed by atoms with Gasteiger partial charge in [-0.05, 0) is 24.6 Å². The van der Waals surface area contributed by atoms with E-state index in [0.29, 0.717) is 23.2 Å². The van der Waals surface area contributed by atoms with Gasteiger partial charge in [-0.3, -0.25) is 4.79 Å². The predicted octanol–water partition coefficient (Wildman–Crippen LogP) is 2.64. The van der Waals surface area contributed by atoms with Crippen LogP contribution in [0.2, 0.25) is 5.02 Å². The first-order valence-corrected chi connectivity index (χ1v) is 7.51. The summed E-state index contributed by atoms with van der Waals surface area (Å²) >= 11 is 5.94. The molecule has 0 bridgehead atoms. The van der Waals surface area contributed by atoms with Crippen molar-refractivity contribution < 1.29 is 0 Å². The fourth-order valence-electron chi connectivity index (χ4n) is 2.24. The summed E-state index contributed by atoms with van der Waals surface area (Å²) in [6.45, 7) is 2.48. The first-order chi connectivity index (χ1) is 10.7. The Morgan fingerprint density at radius 1 is 1.36 bits per heavy atom. The molecule has 0 radical (unpaired) electrons. The molecule has 0 saturated carbocycles. The van der Waals surface area contributed by atoms with Gasteiger partial charge in [0.15, 0.2) is 5.82 Å². The average molecular weight is 318 g/mol. The summed E-state index contributed by atoms with van der Waals surface area (Å²) in [7, 11) is 0. The Hall–Kier alpha value is -2.34. The molecule has 0 unspecified atom stereocenters. The topological polar surface area (TPSA) is 75.1 Å². The molecule has 3 aromatic rings. The molecule has 0 fully saturated rings. The molecule has 2 N–H and O–H groups in total. The van der Waals surface area contributed by atoms with Crippen molar-refractivity contribution in [1.29, 1.82) is 0 Å². The van der Waals surface area contributed by atoms with Gasteiger partial charge in [0.05, 0.1) is 6.54 Å². The molecule has 0 aliphatic rings. The highest BCUT2D eigenvalue weighted by atomic mass is 35.5. The minimum Gasteiger partial charge on any atom is -0.378 e. The maximum atomic E-state index is 12.0. The third kappa shape index (κ3) is 3.12. The Labute approximate surface area is 132 Å². The second kappa shape index (κ2) is 6.19. The molecule has 0 atom stereocenters. The van der Waals surface area contributed by atoms with Crippen molar-refractivity contribution in [3.8, 4) is 0 Å². The quantitative estimate of drug-likeness (QED) is 0.758. The lowest BCUT2D eigenvalue weighted by molar-refractivity contribution is 0.825. The molecule has 0 aliphatic carbocycles. The fraction of sp³-hybridized carbons (Fsp3) is 0.267. The van der Waals surface area contributed by atoms with E-state index in [0.717, 1.165) is 24.2 Å². The predicted molar refractivity (Wildman–Crippen MR) is 86.4 cm³/mol. The van der Waals surface area contributed by atoms with Crippen molar-refractivity contribution in [3.05, 3.63) is 57.2 Å². The molecule has 22 heavy (non-hydrogen) atoms. The number of fused-ring (bicyclic) bond motifs is 1. The third-order valence-electron chi connectivity index (χ3n) is 3.22. The van der Waals surface area contributed by atoms with E-state index in [-0.39, 0.29) is 5.56 Å². The second-order valence-corrected chi connectivity index (χ2v) is 5.45. The SMILES string of the molecule is CCCc1cc(=O)n2nc(CNc3cccc(Cl)c3)nc2[nH]1. The van der Waals surface area contributed by atoms with Gasteiger partial charge in [-0.2, -0.15) is 9.50 Å². The fourth-order valence-corrected chi connectivity index (χ4v) is 2.43. The number of halogens is 1. The van der Waals surface area contributed by atoms with E-state index in [4.69, 9.17) is 11.6 Å². The minimum atomic E-state index is -0.168. The van der Waals surface area contributed by atoms with Crippen molar-refractivity contribution in [1.82, 2.24) is 19.6 Å². The summed E-state index contributed by atoms with van der Waals surface area (Å²) in [5.74, 6) is 1.01. The number of aryl methyl sites for hydroxylation is 1. The van der Waals surface area contributed by atoms with Gasteiger partial charge in [0, 0.05) is 22.5 Å². The van der Waals surface area contributed by atoms with Crippen LogP contribution in [0.4, 0.5) is 5.69 Å². The Bertz CT molecular complexity index is 855. The monoisotopic (exact) mass is 317 g/mol. The van der Waals surface area contributed by atoms with Gasteiger partial charge in [0.2, 0.25) is 5.78 Å². The third-order valence-corrected chi connectivity index (χ3v) is 3.46. The second-order valence-electron chi connectivity index (χ2n) is 5.01. The van der Waals surface area contributed by atoms with Crippen LogP contribution in [0.15, 0.2) is 35.1 Å². The summed E-state index contributed by atoms with van der Waals surface area (Å²) < 4.78 is 1.29. The largest absolute Gasteiger partial charge is 0.378 e. The summed E-state index contributed by atoms with van der Waals surface area (Å²) in [4.78, 5) is 19.5. The summed E-state index contributed by atoms with van der Waals surface area (Å²) in [6, 6.07) is 8.97. The molecule has 0 amide bonds. The maximum Gasteiger partial charge on any atom is 0.275 e. The van der Waals surface area contributed by atoms with E-state index in [1.54, 1.807) is 6.07 Å². The van der Waals surface area contributed by atoms with E-state index in [1.165, 1.54) is 4.52 Å². The Morgan fingerprint density at radius 2 is 2.23 bits per heavy atom. The van der Waals surface area contributed by atoms with Gasteiger partial charge in [-0.1, -0.05) is 31.0 Å². The van der Waals surface area contributed by atoms with Crippen molar-refractivity contribution >= 4 is 23.1 Å². The van der Waals surface area contributed by atoms with Crippen LogP contribution in [0.25, 0.3) is 5.78 Å². The molecule has 0 spiro atoms. The van der Waals surface area contributed by atoms with Crippen LogP contribution in [-0.4, -0.2) is 19.6 Å². The number of nitrogens with one attached hydrogen (secondary N) is 2. The Morgan fingerprint density at radius 3 is 3.00 bits per heavy atom. The van der Waals surface area contributed by atoms with Gasteiger partial charge in [0.25, 0.3) is 5.56 Å². The lowest BCUT2D eigenvalue weighted by Gasteiger charge is -2.03. The zero-order valence-electron chi connectivity index (χ0n) is 12.1. The molecule has 3 rings (SSSR count). The molecule has 0 saturated heterocycles.